The van der Waals surface area contributed by atoms with Gasteiger partial charge in [-0.2, -0.15) is 0 Å². The Morgan fingerprint density at radius 1 is 1.03 bits per heavy atom. The topological polar surface area (TPSA) is 83.3 Å². The molecule has 7 heteroatoms. The zero-order valence-corrected chi connectivity index (χ0v) is 16.4. The molecule has 2 aromatic carbocycles. The van der Waals surface area contributed by atoms with Crippen molar-refractivity contribution in [1.29, 1.82) is 0 Å². The summed E-state index contributed by atoms with van der Waals surface area (Å²) >= 11 is 6.70. The zero-order valence-electron chi connectivity index (χ0n) is 15.6. The average Bonchev–Trinajstić information content (AvgIpc) is 2.75. The van der Waals surface area contributed by atoms with Gasteiger partial charge in [0.1, 0.15) is 17.1 Å². The van der Waals surface area contributed by atoms with Gasteiger partial charge in [0.05, 0.1) is 17.3 Å². The minimum absolute atomic E-state index is 0.0927. The number of aromatic hydroxyl groups is 1. The molecule has 2 N–H and O–H groups in total. The van der Waals surface area contributed by atoms with Gasteiger partial charge in [-0.1, -0.05) is 48.0 Å². The summed E-state index contributed by atoms with van der Waals surface area (Å²) in [5.41, 5.74) is 2.73. The third-order valence-electron chi connectivity index (χ3n) is 4.58. The molecule has 144 valence electrons. The van der Waals surface area contributed by atoms with E-state index in [1.165, 1.54) is 0 Å². The second-order valence-electron chi connectivity index (χ2n) is 6.38. The number of aromatic nitrogens is 3. The van der Waals surface area contributed by atoms with E-state index in [-0.39, 0.29) is 5.75 Å². The van der Waals surface area contributed by atoms with Crippen molar-refractivity contribution in [2.45, 2.75) is 6.04 Å². The number of aliphatic imine (C=N–C) groups is 1. The molecule has 4 rings (SSSR count). The lowest BCUT2D eigenvalue weighted by Gasteiger charge is -2.23. The van der Waals surface area contributed by atoms with Crippen molar-refractivity contribution in [3.05, 3.63) is 89.0 Å². The van der Waals surface area contributed by atoms with Crippen molar-refractivity contribution >= 4 is 34.5 Å². The number of nitrogens with one attached hydrogen (secondary N) is 1. The van der Waals surface area contributed by atoms with E-state index < -0.39 is 6.04 Å². The summed E-state index contributed by atoms with van der Waals surface area (Å²) in [7, 11) is 1.69. The lowest BCUT2D eigenvalue weighted by atomic mass is 9.95. The highest BCUT2D eigenvalue weighted by Gasteiger charge is 2.23. The van der Waals surface area contributed by atoms with Gasteiger partial charge in [-0.05, 0) is 11.6 Å². The molecule has 6 nitrogen and oxygen atoms in total. The molecule has 29 heavy (non-hydrogen) atoms. The van der Waals surface area contributed by atoms with Gasteiger partial charge in [0.25, 0.3) is 0 Å². The largest absolute Gasteiger partial charge is 0.505 e. The van der Waals surface area contributed by atoms with E-state index >= 15 is 0 Å². The van der Waals surface area contributed by atoms with Crippen molar-refractivity contribution in [3.63, 3.8) is 0 Å². The van der Waals surface area contributed by atoms with Gasteiger partial charge in [-0.3, -0.25) is 15.0 Å². The number of nitrogens with zero attached hydrogens (tertiary/aromatic N) is 4. The van der Waals surface area contributed by atoms with Crippen molar-refractivity contribution in [2.75, 3.05) is 12.4 Å². The molecule has 4 aromatic rings. The minimum Gasteiger partial charge on any atom is -0.505 e. The predicted octanol–water partition coefficient (Wildman–Crippen LogP) is 4.63. The second-order valence-corrected chi connectivity index (χ2v) is 6.76. The highest BCUT2D eigenvalue weighted by Crippen LogP contribution is 2.39. The number of anilines is 1. The van der Waals surface area contributed by atoms with Gasteiger partial charge in [0.2, 0.25) is 0 Å². The van der Waals surface area contributed by atoms with E-state index in [1.54, 1.807) is 38.0 Å². The van der Waals surface area contributed by atoms with Crippen LogP contribution in [0.5, 0.6) is 5.75 Å². The van der Waals surface area contributed by atoms with Gasteiger partial charge >= 0.3 is 0 Å². The fourth-order valence-corrected chi connectivity index (χ4v) is 3.54. The number of rotatable bonds is 5. The van der Waals surface area contributed by atoms with Crippen molar-refractivity contribution in [2.24, 2.45) is 4.99 Å². The summed E-state index contributed by atoms with van der Waals surface area (Å²) in [5.74, 6) is 0.652. The molecule has 0 aliphatic rings. The van der Waals surface area contributed by atoms with Crippen LogP contribution in [0.2, 0.25) is 5.02 Å². The minimum atomic E-state index is -0.476. The Labute approximate surface area is 173 Å². The van der Waals surface area contributed by atoms with Gasteiger partial charge in [-0.25, -0.2) is 4.98 Å². The van der Waals surface area contributed by atoms with Crippen LogP contribution < -0.4 is 5.32 Å². The molecular formula is C22H18ClN5O. The molecule has 0 amide bonds. The number of phenolic OH excluding ortho intramolecular Hbond substituents is 1. The maximum absolute atomic E-state index is 11.0. The maximum Gasteiger partial charge on any atom is 0.147 e. The van der Waals surface area contributed by atoms with Crippen LogP contribution in [0.1, 0.15) is 22.7 Å². The Hall–Kier alpha value is -3.51. The predicted molar refractivity (Wildman–Crippen MR) is 116 cm³/mol. The summed E-state index contributed by atoms with van der Waals surface area (Å²) in [4.78, 5) is 16.8. The Morgan fingerprint density at radius 3 is 2.72 bits per heavy atom. The molecule has 2 heterocycles. The normalized spacial score (nSPS) is 12.3. The molecule has 0 aliphatic carbocycles. The first-order valence-corrected chi connectivity index (χ1v) is 9.36. The lowest BCUT2D eigenvalue weighted by Crippen LogP contribution is -2.15. The van der Waals surface area contributed by atoms with Crippen molar-refractivity contribution < 1.29 is 5.11 Å². The van der Waals surface area contributed by atoms with Crippen LogP contribution in [0.3, 0.4) is 0 Å². The van der Waals surface area contributed by atoms with Crippen LogP contribution in [0.25, 0.3) is 10.9 Å². The fraction of sp³-hybridized carbons (Fsp3) is 0.0909. The van der Waals surface area contributed by atoms with E-state index in [0.717, 1.165) is 16.5 Å². The van der Waals surface area contributed by atoms with Gasteiger partial charge in [0.15, 0.2) is 0 Å². The standard InChI is InChI=1S/C22H18ClN5O/c1-24-12-15-4-2-6-16(19(15)23)21(28-18-13-25-10-11-26-18)17-8-7-14-5-3-9-27-20(14)22(17)29/h2-13,21,29H,1H3,(H,26,28)/b24-12-. The number of phenols is 1. The SMILES string of the molecule is C/N=C\c1cccc(C(Nc2cnccn2)c2ccc3cccnc3c2O)c1Cl. The summed E-state index contributed by atoms with van der Waals surface area (Å²) < 4.78 is 0. The average molecular weight is 404 g/mol. The van der Waals surface area contributed by atoms with E-state index in [1.807, 2.05) is 42.5 Å². The third kappa shape index (κ3) is 3.75. The first-order valence-electron chi connectivity index (χ1n) is 8.98. The molecule has 1 unspecified atom stereocenters. The van der Waals surface area contributed by atoms with Crippen LogP contribution in [0.4, 0.5) is 5.82 Å². The number of fused-ring (bicyclic) bond motifs is 1. The molecule has 0 fully saturated rings. The van der Waals surface area contributed by atoms with Gasteiger partial charge < -0.3 is 10.4 Å². The molecule has 0 saturated heterocycles. The third-order valence-corrected chi connectivity index (χ3v) is 5.02. The molecule has 2 aromatic heterocycles. The Balaban J connectivity index is 1.90. The fourth-order valence-electron chi connectivity index (χ4n) is 3.25. The van der Waals surface area contributed by atoms with E-state index in [0.29, 0.717) is 21.9 Å². The Kier molecular flexibility index (Phi) is 5.35. The zero-order chi connectivity index (χ0) is 20.2. The molecule has 0 saturated carbocycles. The maximum atomic E-state index is 11.0. The quantitative estimate of drug-likeness (QED) is 0.474. The van der Waals surface area contributed by atoms with Crippen LogP contribution in [0.15, 0.2) is 72.2 Å². The summed E-state index contributed by atoms with van der Waals surface area (Å²) in [5, 5.41) is 15.7. The Bertz CT molecular complexity index is 1180. The number of pyridine rings is 1. The number of halogens is 1. The first-order chi connectivity index (χ1) is 14.2. The monoisotopic (exact) mass is 403 g/mol. The molecule has 0 bridgehead atoms. The van der Waals surface area contributed by atoms with Crippen molar-refractivity contribution in [3.8, 4) is 5.75 Å². The van der Waals surface area contributed by atoms with Crippen molar-refractivity contribution in [1.82, 2.24) is 15.0 Å². The molecular weight excluding hydrogens is 386 g/mol. The summed E-state index contributed by atoms with van der Waals surface area (Å²) in [6, 6.07) is 12.8. The number of hydrogen-bond donors (Lipinski definition) is 2. The number of benzene rings is 2. The van der Waals surface area contributed by atoms with E-state index in [9.17, 15) is 5.11 Å². The smallest absolute Gasteiger partial charge is 0.147 e. The Morgan fingerprint density at radius 2 is 1.93 bits per heavy atom. The van der Waals surface area contributed by atoms with Crippen LogP contribution in [-0.2, 0) is 0 Å². The second kappa shape index (κ2) is 8.24. The van der Waals surface area contributed by atoms with Gasteiger partial charge in [0, 0.05) is 48.4 Å². The molecule has 0 aliphatic heterocycles. The molecule has 1 atom stereocenters. The summed E-state index contributed by atoms with van der Waals surface area (Å²) in [6.07, 6.45) is 8.18. The molecule has 0 radical (unpaired) electrons. The highest BCUT2D eigenvalue weighted by molar-refractivity contribution is 6.34. The highest BCUT2D eigenvalue weighted by atomic mass is 35.5. The summed E-state index contributed by atoms with van der Waals surface area (Å²) in [6.45, 7) is 0. The van der Waals surface area contributed by atoms with Crippen LogP contribution in [-0.4, -0.2) is 33.3 Å². The lowest BCUT2D eigenvalue weighted by molar-refractivity contribution is 0.471. The molecule has 0 spiro atoms. The van der Waals surface area contributed by atoms with Crippen LogP contribution >= 0.6 is 11.6 Å². The van der Waals surface area contributed by atoms with Crippen LogP contribution in [0, 0.1) is 0 Å². The van der Waals surface area contributed by atoms with E-state index in [4.69, 9.17) is 11.6 Å². The van der Waals surface area contributed by atoms with Gasteiger partial charge in [-0.15, -0.1) is 0 Å². The number of hydrogen-bond acceptors (Lipinski definition) is 6. The van der Waals surface area contributed by atoms with E-state index in [2.05, 4.69) is 25.3 Å². The first kappa shape index (κ1) is 18.8.